The number of primary amides is 1. The van der Waals surface area contributed by atoms with Gasteiger partial charge in [-0.1, -0.05) is 30.3 Å². The molecule has 3 aromatic rings. The molecule has 0 aliphatic heterocycles. The molecule has 4 N–H and O–H groups in total. The standard InChI is InChI=1S/C24H25N3O5S/c1-16-14-20(12-13-22(16)32-2)33(30,31)27-21(15-17-6-4-3-5-7-17)24(29)26-19-10-8-18(9-11-19)23(25)28/h3-14,21,27H,15H2,1-2H3,(H2,25,28)(H,26,29)/t21-/m0/s1. The first kappa shape index (κ1) is 24.0. The minimum absolute atomic E-state index is 0.0254. The summed E-state index contributed by atoms with van der Waals surface area (Å²) in [5.74, 6) is -0.566. The number of hydrogen-bond acceptors (Lipinski definition) is 5. The number of nitrogens with one attached hydrogen (secondary N) is 2. The maximum absolute atomic E-state index is 13.1. The normalized spacial score (nSPS) is 12.1. The number of nitrogens with two attached hydrogens (primary N) is 1. The van der Waals surface area contributed by atoms with Gasteiger partial charge in [0.25, 0.3) is 0 Å². The second-order valence-electron chi connectivity index (χ2n) is 7.43. The third kappa shape index (κ3) is 6.18. The van der Waals surface area contributed by atoms with Gasteiger partial charge in [-0.15, -0.1) is 0 Å². The molecule has 0 radical (unpaired) electrons. The highest BCUT2D eigenvalue weighted by Crippen LogP contribution is 2.22. The van der Waals surface area contributed by atoms with Gasteiger partial charge in [0.2, 0.25) is 21.8 Å². The lowest BCUT2D eigenvalue weighted by Gasteiger charge is -2.19. The molecule has 33 heavy (non-hydrogen) atoms. The molecular formula is C24H25N3O5S. The van der Waals surface area contributed by atoms with Gasteiger partial charge >= 0.3 is 0 Å². The van der Waals surface area contributed by atoms with E-state index in [0.717, 1.165) is 5.56 Å². The summed E-state index contributed by atoms with van der Waals surface area (Å²) in [4.78, 5) is 24.3. The van der Waals surface area contributed by atoms with Crippen LogP contribution in [0.4, 0.5) is 5.69 Å². The lowest BCUT2D eigenvalue weighted by Crippen LogP contribution is -2.45. The monoisotopic (exact) mass is 467 g/mol. The molecule has 9 heteroatoms. The van der Waals surface area contributed by atoms with Crippen molar-refractivity contribution in [3.63, 3.8) is 0 Å². The van der Waals surface area contributed by atoms with Crippen molar-refractivity contribution >= 4 is 27.5 Å². The molecule has 0 saturated heterocycles. The number of hydrogen-bond donors (Lipinski definition) is 3. The lowest BCUT2D eigenvalue weighted by atomic mass is 10.1. The van der Waals surface area contributed by atoms with Crippen molar-refractivity contribution in [1.82, 2.24) is 4.72 Å². The number of amides is 2. The first-order chi connectivity index (χ1) is 15.7. The number of sulfonamides is 1. The number of carbonyl (C=O) groups excluding carboxylic acids is 2. The summed E-state index contributed by atoms with van der Waals surface area (Å²) in [6, 6.07) is 18.5. The van der Waals surface area contributed by atoms with Gasteiger partial charge < -0.3 is 15.8 Å². The Balaban J connectivity index is 1.86. The van der Waals surface area contributed by atoms with Gasteiger partial charge in [0.15, 0.2) is 0 Å². The van der Waals surface area contributed by atoms with Crippen LogP contribution >= 0.6 is 0 Å². The summed E-state index contributed by atoms with van der Waals surface area (Å²) in [5.41, 5.74) is 7.38. The number of ether oxygens (including phenoxy) is 1. The SMILES string of the molecule is COc1ccc(S(=O)(=O)N[C@@H](Cc2ccccc2)C(=O)Nc2ccc(C(N)=O)cc2)cc1C. The van der Waals surface area contributed by atoms with Crippen LogP contribution in [0, 0.1) is 6.92 Å². The van der Waals surface area contributed by atoms with Crippen molar-refractivity contribution in [3.8, 4) is 5.75 Å². The highest BCUT2D eigenvalue weighted by molar-refractivity contribution is 7.89. The van der Waals surface area contributed by atoms with Gasteiger partial charge in [-0.2, -0.15) is 4.72 Å². The highest BCUT2D eigenvalue weighted by atomic mass is 32.2. The van der Waals surface area contributed by atoms with Crippen LogP contribution in [0.5, 0.6) is 5.75 Å². The van der Waals surface area contributed by atoms with Crippen molar-refractivity contribution in [1.29, 1.82) is 0 Å². The minimum Gasteiger partial charge on any atom is -0.496 e. The molecule has 0 aliphatic rings. The predicted octanol–water partition coefficient (Wildman–Crippen LogP) is 2.63. The molecule has 0 saturated carbocycles. The van der Waals surface area contributed by atoms with E-state index in [-0.39, 0.29) is 11.3 Å². The summed E-state index contributed by atoms with van der Waals surface area (Å²) >= 11 is 0. The van der Waals surface area contributed by atoms with Crippen LogP contribution < -0.4 is 20.5 Å². The fourth-order valence-electron chi connectivity index (χ4n) is 3.26. The molecule has 1 atom stereocenters. The van der Waals surface area contributed by atoms with Crippen LogP contribution in [-0.4, -0.2) is 33.4 Å². The number of carbonyl (C=O) groups is 2. The molecule has 0 aliphatic carbocycles. The zero-order valence-electron chi connectivity index (χ0n) is 18.2. The average molecular weight is 468 g/mol. The van der Waals surface area contributed by atoms with E-state index in [1.54, 1.807) is 13.0 Å². The zero-order chi connectivity index (χ0) is 24.0. The van der Waals surface area contributed by atoms with Crippen molar-refractivity contribution in [2.45, 2.75) is 24.3 Å². The molecular weight excluding hydrogens is 442 g/mol. The summed E-state index contributed by atoms with van der Waals surface area (Å²) in [6.45, 7) is 1.74. The fourth-order valence-corrected chi connectivity index (χ4v) is 4.54. The van der Waals surface area contributed by atoms with E-state index in [1.165, 1.54) is 43.5 Å². The van der Waals surface area contributed by atoms with E-state index in [4.69, 9.17) is 10.5 Å². The molecule has 2 amide bonds. The van der Waals surface area contributed by atoms with Crippen molar-refractivity contribution in [2.24, 2.45) is 5.73 Å². The van der Waals surface area contributed by atoms with E-state index >= 15 is 0 Å². The van der Waals surface area contributed by atoms with E-state index in [1.807, 2.05) is 30.3 Å². The van der Waals surface area contributed by atoms with Crippen molar-refractivity contribution in [3.05, 3.63) is 89.5 Å². The van der Waals surface area contributed by atoms with Gasteiger partial charge in [-0.05, 0) is 66.9 Å². The first-order valence-corrected chi connectivity index (χ1v) is 11.6. The van der Waals surface area contributed by atoms with Gasteiger partial charge in [0.05, 0.1) is 12.0 Å². The second-order valence-corrected chi connectivity index (χ2v) is 9.14. The Morgan fingerprint density at radius 3 is 2.24 bits per heavy atom. The second kappa shape index (κ2) is 10.3. The Bertz CT molecular complexity index is 1240. The van der Waals surface area contributed by atoms with Gasteiger partial charge in [0, 0.05) is 11.3 Å². The van der Waals surface area contributed by atoms with Crippen molar-refractivity contribution in [2.75, 3.05) is 12.4 Å². The highest BCUT2D eigenvalue weighted by Gasteiger charge is 2.27. The predicted molar refractivity (Wildman–Crippen MR) is 126 cm³/mol. The Labute approximate surface area is 192 Å². The molecule has 3 rings (SSSR count). The molecule has 0 aromatic heterocycles. The van der Waals surface area contributed by atoms with Crippen LogP contribution in [0.3, 0.4) is 0 Å². The largest absolute Gasteiger partial charge is 0.496 e. The number of anilines is 1. The average Bonchev–Trinajstić information content (AvgIpc) is 2.79. The number of aryl methyl sites for hydroxylation is 1. The summed E-state index contributed by atoms with van der Waals surface area (Å²) in [7, 11) is -2.50. The number of benzene rings is 3. The molecule has 0 fully saturated rings. The minimum atomic E-state index is -4.01. The van der Waals surface area contributed by atoms with Crippen LogP contribution in [0.1, 0.15) is 21.5 Å². The smallest absolute Gasteiger partial charge is 0.248 e. The van der Waals surface area contributed by atoms with Crippen LogP contribution in [0.2, 0.25) is 0 Å². The molecule has 0 heterocycles. The van der Waals surface area contributed by atoms with Gasteiger partial charge in [-0.25, -0.2) is 8.42 Å². The molecule has 3 aromatic carbocycles. The van der Waals surface area contributed by atoms with Crippen LogP contribution in [0.25, 0.3) is 0 Å². The molecule has 0 spiro atoms. The first-order valence-electron chi connectivity index (χ1n) is 10.1. The molecule has 8 nitrogen and oxygen atoms in total. The maximum Gasteiger partial charge on any atom is 0.248 e. The summed E-state index contributed by atoms with van der Waals surface area (Å²) in [5, 5.41) is 2.69. The zero-order valence-corrected chi connectivity index (χ0v) is 19.1. The van der Waals surface area contributed by atoms with Gasteiger partial charge in [-0.3, -0.25) is 9.59 Å². The lowest BCUT2D eigenvalue weighted by molar-refractivity contribution is -0.117. The summed E-state index contributed by atoms with van der Waals surface area (Å²) < 4.78 is 33.9. The topological polar surface area (TPSA) is 128 Å². The Hall–Kier alpha value is -3.69. The van der Waals surface area contributed by atoms with E-state index in [9.17, 15) is 18.0 Å². The van der Waals surface area contributed by atoms with Crippen LogP contribution in [0.15, 0.2) is 77.7 Å². The third-order valence-electron chi connectivity index (χ3n) is 5.01. The van der Waals surface area contributed by atoms with Crippen LogP contribution in [-0.2, 0) is 21.2 Å². The summed E-state index contributed by atoms with van der Waals surface area (Å²) in [6.07, 6.45) is 0.139. The van der Waals surface area contributed by atoms with Crippen molar-refractivity contribution < 1.29 is 22.7 Å². The Morgan fingerprint density at radius 2 is 1.67 bits per heavy atom. The van der Waals surface area contributed by atoms with E-state index in [0.29, 0.717) is 22.6 Å². The molecule has 0 unspecified atom stereocenters. The number of rotatable bonds is 9. The molecule has 0 bridgehead atoms. The quantitative estimate of drug-likeness (QED) is 0.446. The van der Waals surface area contributed by atoms with E-state index < -0.39 is 27.9 Å². The third-order valence-corrected chi connectivity index (χ3v) is 6.48. The fraction of sp³-hybridized carbons (Fsp3) is 0.167. The van der Waals surface area contributed by atoms with E-state index in [2.05, 4.69) is 10.0 Å². The number of methoxy groups -OCH3 is 1. The molecule has 172 valence electrons. The Morgan fingerprint density at radius 1 is 1.00 bits per heavy atom. The maximum atomic E-state index is 13.1. The Kier molecular flexibility index (Phi) is 7.47. The van der Waals surface area contributed by atoms with Gasteiger partial charge in [0.1, 0.15) is 11.8 Å².